The molecule has 2 amide bonds. The third-order valence-corrected chi connectivity index (χ3v) is 4.56. The fourth-order valence-electron chi connectivity index (χ4n) is 2.41. The van der Waals surface area contributed by atoms with Crippen LogP contribution in [0.25, 0.3) is 0 Å². The van der Waals surface area contributed by atoms with Gasteiger partial charge in [0.25, 0.3) is 5.91 Å². The molecule has 0 aliphatic rings. The van der Waals surface area contributed by atoms with E-state index in [-0.39, 0.29) is 17.8 Å². The molecule has 0 aliphatic carbocycles. The SMILES string of the molecule is COC(=O)[C@@H](NC(=O)[C@@H](NC(=O)[C@@](C)(OC(C)=O)C(C)C)C(C)C)C(C)C. The van der Waals surface area contributed by atoms with Crippen molar-refractivity contribution in [1.82, 2.24) is 10.6 Å². The largest absolute Gasteiger partial charge is 0.467 e. The number of methoxy groups -OCH3 is 1. The van der Waals surface area contributed by atoms with E-state index in [4.69, 9.17) is 9.47 Å². The van der Waals surface area contributed by atoms with Gasteiger partial charge in [-0.25, -0.2) is 4.79 Å². The van der Waals surface area contributed by atoms with Crippen LogP contribution in [-0.4, -0.2) is 48.5 Å². The minimum absolute atomic E-state index is 0.188. The van der Waals surface area contributed by atoms with E-state index < -0.39 is 41.4 Å². The topological polar surface area (TPSA) is 111 Å². The maximum Gasteiger partial charge on any atom is 0.328 e. The first-order chi connectivity index (χ1) is 12.3. The fourth-order valence-corrected chi connectivity index (χ4v) is 2.41. The summed E-state index contributed by atoms with van der Waals surface area (Å²) in [5.41, 5.74) is -1.42. The second-order valence-corrected chi connectivity index (χ2v) is 7.80. The summed E-state index contributed by atoms with van der Waals surface area (Å²) in [4.78, 5) is 48.9. The van der Waals surface area contributed by atoms with Crippen molar-refractivity contribution in [3.8, 4) is 0 Å². The number of carbonyl (C=O) groups excluding carboxylic acids is 4. The zero-order valence-electron chi connectivity index (χ0n) is 17.8. The summed E-state index contributed by atoms with van der Waals surface area (Å²) in [5.74, 6) is -2.97. The zero-order valence-corrected chi connectivity index (χ0v) is 17.8. The van der Waals surface area contributed by atoms with Gasteiger partial charge in [-0.2, -0.15) is 0 Å². The number of nitrogens with one attached hydrogen (secondary N) is 2. The molecule has 0 aromatic carbocycles. The monoisotopic (exact) mass is 386 g/mol. The Morgan fingerprint density at radius 1 is 0.852 bits per heavy atom. The van der Waals surface area contributed by atoms with E-state index in [1.165, 1.54) is 21.0 Å². The highest BCUT2D eigenvalue weighted by atomic mass is 16.6. The van der Waals surface area contributed by atoms with Gasteiger partial charge in [0.2, 0.25) is 5.91 Å². The number of hydrogen-bond acceptors (Lipinski definition) is 6. The molecule has 0 aliphatic heterocycles. The lowest BCUT2D eigenvalue weighted by atomic mass is 9.90. The van der Waals surface area contributed by atoms with Gasteiger partial charge in [-0.05, 0) is 18.8 Å². The number of hydrogen-bond donors (Lipinski definition) is 2. The van der Waals surface area contributed by atoms with Crippen LogP contribution in [0.5, 0.6) is 0 Å². The summed E-state index contributed by atoms with van der Waals surface area (Å²) in [5, 5.41) is 5.30. The molecule has 0 unspecified atom stereocenters. The minimum Gasteiger partial charge on any atom is -0.467 e. The Hall–Kier alpha value is -2.12. The van der Waals surface area contributed by atoms with E-state index in [1.807, 2.05) is 0 Å². The van der Waals surface area contributed by atoms with Crippen LogP contribution in [0.15, 0.2) is 0 Å². The van der Waals surface area contributed by atoms with Gasteiger partial charge in [0, 0.05) is 12.8 Å². The van der Waals surface area contributed by atoms with Gasteiger partial charge in [-0.3, -0.25) is 14.4 Å². The van der Waals surface area contributed by atoms with Crippen molar-refractivity contribution >= 4 is 23.8 Å². The second-order valence-electron chi connectivity index (χ2n) is 7.80. The maximum absolute atomic E-state index is 12.8. The standard InChI is InChI=1S/C19H34N2O6/c1-10(2)14(16(23)20-15(11(3)4)17(24)26-9)21-18(25)19(8,12(5)6)27-13(7)22/h10-12,14-15H,1-9H3,(H,20,23)(H,21,25)/t14-,15-,19-/m0/s1. The Balaban J connectivity index is 5.49. The van der Waals surface area contributed by atoms with Crippen LogP contribution in [0.1, 0.15) is 55.4 Å². The third kappa shape index (κ3) is 6.84. The van der Waals surface area contributed by atoms with Crippen LogP contribution in [-0.2, 0) is 28.7 Å². The summed E-state index contributed by atoms with van der Waals surface area (Å²) >= 11 is 0. The van der Waals surface area contributed by atoms with Crippen LogP contribution in [0, 0.1) is 17.8 Å². The van der Waals surface area contributed by atoms with Crippen LogP contribution in [0.4, 0.5) is 0 Å². The van der Waals surface area contributed by atoms with Crippen LogP contribution >= 0.6 is 0 Å². The Bertz CT molecular complexity index is 558. The van der Waals surface area contributed by atoms with Crippen LogP contribution in [0.3, 0.4) is 0 Å². The molecular formula is C19H34N2O6. The van der Waals surface area contributed by atoms with Crippen molar-refractivity contribution < 1.29 is 28.7 Å². The van der Waals surface area contributed by atoms with Crippen molar-refractivity contribution in [2.24, 2.45) is 17.8 Å². The highest BCUT2D eigenvalue weighted by Crippen LogP contribution is 2.23. The Kier molecular flexibility index (Phi) is 9.47. The van der Waals surface area contributed by atoms with E-state index in [0.717, 1.165) is 0 Å². The molecule has 0 spiro atoms. The predicted molar refractivity (Wildman–Crippen MR) is 101 cm³/mol. The Morgan fingerprint density at radius 3 is 1.67 bits per heavy atom. The van der Waals surface area contributed by atoms with Gasteiger partial charge < -0.3 is 20.1 Å². The van der Waals surface area contributed by atoms with Crippen molar-refractivity contribution in [2.45, 2.75) is 73.1 Å². The van der Waals surface area contributed by atoms with E-state index >= 15 is 0 Å². The molecule has 27 heavy (non-hydrogen) atoms. The summed E-state index contributed by atoms with van der Waals surface area (Å²) < 4.78 is 9.97. The number of esters is 2. The quantitative estimate of drug-likeness (QED) is 0.580. The van der Waals surface area contributed by atoms with Gasteiger partial charge in [-0.1, -0.05) is 41.5 Å². The van der Waals surface area contributed by atoms with Crippen molar-refractivity contribution in [1.29, 1.82) is 0 Å². The molecule has 0 rings (SSSR count). The number of carbonyl (C=O) groups is 4. The average Bonchev–Trinajstić information content (AvgIpc) is 2.54. The molecule has 8 heteroatoms. The predicted octanol–water partition coefficient (Wildman–Crippen LogP) is 1.42. The lowest BCUT2D eigenvalue weighted by molar-refractivity contribution is -0.170. The molecule has 0 heterocycles. The first-order valence-corrected chi connectivity index (χ1v) is 9.16. The number of rotatable bonds is 9. The highest BCUT2D eigenvalue weighted by molar-refractivity contribution is 5.94. The first kappa shape index (κ1) is 24.9. The molecule has 0 saturated heterocycles. The highest BCUT2D eigenvalue weighted by Gasteiger charge is 2.42. The molecule has 156 valence electrons. The van der Waals surface area contributed by atoms with E-state index in [1.54, 1.807) is 41.5 Å². The van der Waals surface area contributed by atoms with E-state index in [9.17, 15) is 19.2 Å². The Morgan fingerprint density at radius 2 is 1.33 bits per heavy atom. The summed E-state index contributed by atoms with van der Waals surface area (Å²) in [6.07, 6.45) is 0. The lowest BCUT2D eigenvalue weighted by Crippen LogP contribution is -2.60. The van der Waals surface area contributed by atoms with Crippen molar-refractivity contribution in [3.63, 3.8) is 0 Å². The normalized spacial score (nSPS) is 15.7. The lowest BCUT2D eigenvalue weighted by Gasteiger charge is -2.34. The van der Waals surface area contributed by atoms with Crippen LogP contribution in [0.2, 0.25) is 0 Å². The summed E-state index contributed by atoms with van der Waals surface area (Å²) in [7, 11) is 1.25. The zero-order chi connectivity index (χ0) is 21.5. The second kappa shape index (κ2) is 10.3. The molecule has 0 fully saturated rings. The molecule has 0 bridgehead atoms. The summed E-state index contributed by atoms with van der Waals surface area (Å²) in [6.45, 7) is 13.3. The maximum atomic E-state index is 12.8. The fraction of sp³-hybridized carbons (Fsp3) is 0.789. The molecule has 3 atom stereocenters. The summed E-state index contributed by atoms with van der Waals surface area (Å²) in [6, 6.07) is -1.73. The minimum atomic E-state index is -1.42. The molecule has 2 N–H and O–H groups in total. The van der Waals surface area contributed by atoms with E-state index in [2.05, 4.69) is 10.6 Å². The van der Waals surface area contributed by atoms with Gasteiger partial charge in [0.05, 0.1) is 7.11 Å². The molecule has 8 nitrogen and oxygen atoms in total. The van der Waals surface area contributed by atoms with E-state index in [0.29, 0.717) is 0 Å². The number of amides is 2. The molecule has 0 saturated carbocycles. The molecule has 0 aromatic heterocycles. The first-order valence-electron chi connectivity index (χ1n) is 9.16. The van der Waals surface area contributed by atoms with Crippen LogP contribution < -0.4 is 10.6 Å². The third-order valence-electron chi connectivity index (χ3n) is 4.56. The van der Waals surface area contributed by atoms with Gasteiger partial charge in [-0.15, -0.1) is 0 Å². The van der Waals surface area contributed by atoms with Gasteiger partial charge >= 0.3 is 11.9 Å². The molecule has 0 radical (unpaired) electrons. The van der Waals surface area contributed by atoms with Crippen molar-refractivity contribution in [2.75, 3.05) is 7.11 Å². The smallest absolute Gasteiger partial charge is 0.328 e. The average molecular weight is 386 g/mol. The molecular weight excluding hydrogens is 352 g/mol. The van der Waals surface area contributed by atoms with Crippen molar-refractivity contribution in [3.05, 3.63) is 0 Å². The number of ether oxygens (including phenoxy) is 2. The Labute approximate surface area is 161 Å². The van der Waals surface area contributed by atoms with Gasteiger partial charge in [0.15, 0.2) is 5.60 Å². The molecule has 0 aromatic rings. The van der Waals surface area contributed by atoms with Gasteiger partial charge in [0.1, 0.15) is 12.1 Å².